The maximum absolute atomic E-state index is 12.8. The third kappa shape index (κ3) is 4.12. The lowest BCUT2D eigenvalue weighted by atomic mass is 9.83. The van der Waals surface area contributed by atoms with E-state index in [0.29, 0.717) is 12.2 Å². The van der Waals surface area contributed by atoms with E-state index >= 15 is 0 Å². The molecule has 114 valence electrons. The Morgan fingerprint density at radius 3 is 2.25 bits per heavy atom. The number of nitrogens with one attached hydrogen (secondary N) is 1. The van der Waals surface area contributed by atoms with Gasteiger partial charge in [0.25, 0.3) is 0 Å². The van der Waals surface area contributed by atoms with Crippen molar-refractivity contribution in [2.24, 2.45) is 5.41 Å². The standard InChI is InChI=1S/C14H19BrF3NO/c1-3-13(4-2,9-20)8-19-10-5-6-12(15)11(7-10)14(16,17)18/h5-7,19-20H,3-4,8-9H2,1-2H3. The molecule has 0 amide bonds. The van der Waals surface area contributed by atoms with Gasteiger partial charge < -0.3 is 10.4 Å². The minimum absolute atomic E-state index is 0.00958. The molecule has 0 heterocycles. The molecule has 2 nitrogen and oxygen atoms in total. The van der Waals surface area contributed by atoms with Gasteiger partial charge in [-0.25, -0.2) is 0 Å². The van der Waals surface area contributed by atoms with Crippen molar-refractivity contribution in [1.29, 1.82) is 0 Å². The minimum Gasteiger partial charge on any atom is -0.396 e. The molecule has 0 spiro atoms. The summed E-state index contributed by atoms with van der Waals surface area (Å²) in [7, 11) is 0. The quantitative estimate of drug-likeness (QED) is 0.778. The highest BCUT2D eigenvalue weighted by atomic mass is 79.9. The van der Waals surface area contributed by atoms with Crippen molar-refractivity contribution >= 4 is 21.6 Å². The number of rotatable bonds is 6. The van der Waals surface area contributed by atoms with Gasteiger partial charge in [-0.1, -0.05) is 29.8 Å². The highest BCUT2D eigenvalue weighted by Crippen LogP contribution is 2.36. The highest BCUT2D eigenvalue weighted by Gasteiger charge is 2.33. The normalized spacial score (nSPS) is 12.6. The summed E-state index contributed by atoms with van der Waals surface area (Å²) >= 11 is 2.91. The zero-order valence-corrected chi connectivity index (χ0v) is 13.1. The monoisotopic (exact) mass is 353 g/mol. The third-order valence-electron chi connectivity index (χ3n) is 3.77. The van der Waals surface area contributed by atoms with Crippen molar-refractivity contribution in [3.05, 3.63) is 28.2 Å². The summed E-state index contributed by atoms with van der Waals surface area (Å²) in [6.45, 7) is 4.37. The van der Waals surface area contributed by atoms with E-state index in [2.05, 4.69) is 21.2 Å². The van der Waals surface area contributed by atoms with Gasteiger partial charge in [-0.2, -0.15) is 13.2 Å². The van der Waals surface area contributed by atoms with Crippen LogP contribution in [0.1, 0.15) is 32.3 Å². The lowest BCUT2D eigenvalue weighted by Gasteiger charge is -2.30. The number of alkyl halides is 3. The number of hydrogen-bond acceptors (Lipinski definition) is 2. The summed E-state index contributed by atoms with van der Waals surface area (Å²) in [6, 6.07) is 4.05. The van der Waals surface area contributed by atoms with Gasteiger partial charge in [0.1, 0.15) is 0 Å². The molecular formula is C14H19BrF3NO. The van der Waals surface area contributed by atoms with Crippen LogP contribution in [-0.4, -0.2) is 18.3 Å². The SMILES string of the molecule is CCC(CC)(CO)CNc1ccc(Br)c(C(F)(F)F)c1. The molecule has 1 aromatic carbocycles. The van der Waals surface area contributed by atoms with E-state index in [4.69, 9.17) is 0 Å². The molecule has 1 aromatic rings. The van der Waals surface area contributed by atoms with Crippen molar-refractivity contribution in [2.45, 2.75) is 32.9 Å². The van der Waals surface area contributed by atoms with Gasteiger partial charge in [0, 0.05) is 22.1 Å². The van der Waals surface area contributed by atoms with E-state index in [9.17, 15) is 18.3 Å². The number of anilines is 1. The zero-order valence-electron chi connectivity index (χ0n) is 11.5. The molecule has 0 aromatic heterocycles. The molecule has 6 heteroatoms. The van der Waals surface area contributed by atoms with E-state index in [1.165, 1.54) is 6.07 Å². The van der Waals surface area contributed by atoms with Gasteiger partial charge in [0.2, 0.25) is 0 Å². The number of halogens is 4. The van der Waals surface area contributed by atoms with Crippen molar-refractivity contribution in [3.63, 3.8) is 0 Å². The van der Waals surface area contributed by atoms with Crippen LogP contribution in [0.2, 0.25) is 0 Å². The molecule has 0 bridgehead atoms. The molecule has 0 aliphatic carbocycles. The maximum atomic E-state index is 12.8. The summed E-state index contributed by atoms with van der Waals surface area (Å²) in [5, 5.41) is 12.5. The Hall–Kier alpha value is -0.750. The Balaban J connectivity index is 2.89. The Morgan fingerprint density at radius 1 is 1.20 bits per heavy atom. The Morgan fingerprint density at radius 2 is 1.80 bits per heavy atom. The maximum Gasteiger partial charge on any atom is 0.417 e. The van der Waals surface area contributed by atoms with Gasteiger partial charge in [-0.05, 0) is 31.0 Å². The predicted molar refractivity (Wildman–Crippen MR) is 77.7 cm³/mol. The molecule has 2 N–H and O–H groups in total. The van der Waals surface area contributed by atoms with Crippen LogP contribution in [0.3, 0.4) is 0 Å². The largest absolute Gasteiger partial charge is 0.417 e. The Bertz CT molecular complexity index is 436. The first kappa shape index (κ1) is 17.3. The first-order valence-electron chi connectivity index (χ1n) is 6.49. The third-order valence-corrected chi connectivity index (χ3v) is 4.47. The van der Waals surface area contributed by atoms with Crippen LogP contribution in [0.4, 0.5) is 18.9 Å². The van der Waals surface area contributed by atoms with Crippen LogP contribution in [-0.2, 0) is 6.18 Å². The van der Waals surface area contributed by atoms with Crippen LogP contribution in [0.15, 0.2) is 22.7 Å². The van der Waals surface area contributed by atoms with Crippen molar-refractivity contribution in [3.8, 4) is 0 Å². The van der Waals surface area contributed by atoms with Gasteiger partial charge in [0.05, 0.1) is 12.2 Å². The molecule has 0 saturated carbocycles. The number of benzene rings is 1. The van der Waals surface area contributed by atoms with Gasteiger partial charge in [0.15, 0.2) is 0 Å². The van der Waals surface area contributed by atoms with E-state index in [0.717, 1.165) is 18.9 Å². The minimum atomic E-state index is -4.39. The molecule has 0 aliphatic rings. The highest BCUT2D eigenvalue weighted by molar-refractivity contribution is 9.10. The molecule has 0 aliphatic heterocycles. The molecule has 0 radical (unpaired) electrons. The fourth-order valence-corrected chi connectivity index (χ4v) is 2.39. The summed E-state index contributed by atoms with van der Waals surface area (Å²) in [5.74, 6) is 0. The molecule has 0 saturated heterocycles. The lowest BCUT2D eigenvalue weighted by Crippen LogP contribution is -2.32. The first-order chi connectivity index (χ1) is 9.28. The number of aliphatic hydroxyl groups excluding tert-OH is 1. The van der Waals surface area contributed by atoms with Crippen LogP contribution in [0.25, 0.3) is 0 Å². The average molecular weight is 354 g/mol. The van der Waals surface area contributed by atoms with Gasteiger partial charge >= 0.3 is 6.18 Å². The van der Waals surface area contributed by atoms with Crippen molar-refractivity contribution in [2.75, 3.05) is 18.5 Å². The second-order valence-electron chi connectivity index (χ2n) is 4.91. The smallest absolute Gasteiger partial charge is 0.396 e. The Kier molecular flexibility index (Phi) is 5.89. The zero-order chi connectivity index (χ0) is 15.4. The van der Waals surface area contributed by atoms with Crippen molar-refractivity contribution in [1.82, 2.24) is 0 Å². The van der Waals surface area contributed by atoms with Crippen LogP contribution < -0.4 is 5.32 Å². The second-order valence-corrected chi connectivity index (χ2v) is 5.77. The summed E-state index contributed by atoms with van der Waals surface area (Å²) in [6.07, 6.45) is -2.87. The molecular weight excluding hydrogens is 335 g/mol. The van der Waals surface area contributed by atoms with Gasteiger partial charge in [-0.15, -0.1) is 0 Å². The number of hydrogen-bond donors (Lipinski definition) is 2. The Labute approximate surface area is 125 Å². The number of aliphatic hydroxyl groups is 1. The van der Waals surface area contributed by atoms with E-state index < -0.39 is 11.7 Å². The second kappa shape index (κ2) is 6.80. The summed E-state index contributed by atoms with van der Waals surface area (Å²) in [5.41, 5.74) is -0.601. The first-order valence-corrected chi connectivity index (χ1v) is 7.29. The van der Waals surface area contributed by atoms with E-state index in [-0.39, 0.29) is 16.5 Å². The van der Waals surface area contributed by atoms with Crippen LogP contribution in [0.5, 0.6) is 0 Å². The molecule has 0 unspecified atom stereocenters. The van der Waals surface area contributed by atoms with Crippen LogP contribution >= 0.6 is 15.9 Å². The molecule has 1 rings (SSSR count). The molecule has 0 atom stereocenters. The predicted octanol–water partition coefficient (Wildman–Crippen LogP) is 4.68. The molecule has 0 fully saturated rings. The average Bonchev–Trinajstić information content (AvgIpc) is 2.41. The summed E-state index contributed by atoms with van der Waals surface area (Å²) < 4.78 is 38.4. The van der Waals surface area contributed by atoms with Crippen molar-refractivity contribution < 1.29 is 18.3 Å². The van der Waals surface area contributed by atoms with E-state index in [1.54, 1.807) is 6.07 Å². The van der Waals surface area contributed by atoms with Crippen LogP contribution in [0, 0.1) is 5.41 Å². The summed E-state index contributed by atoms with van der Waals surface area (Å²) in [4.78, 5) is 0. The lowest BCUT2D eigenvalue weighted by molar-refractivity contribution is -0.138. The molecule has 20 heavy (non-hydrogen) atoms. The van der Waals surface area contributed by atoms with E-state index in [1.807, 2.05) is 13.8 Å². The fraction of sp³-hybridized carbons (Fsp3) is 0.571. The fourth-order valence-electron chi connectivity index (χ4n) is 1.92. The van der Waals surface area contributed by atoms with Gasteiger partial charge in [-0.3, -0.25) is 0 Å². The topological polar surface area (TPSA) is 32.3 Å².